The van der Waals surface area contributed by atoms with Crippen LogP contribution in [0.2, 0.25) is 5.02 Å². The molecule has 0 fully saturated rings. The fraction of sp³-hybridized carbons (Fsp3) is 0. The van der Waals surface area contributed by atoms with Crippen LogP contribution in [-0.2, 0) is 9.05 Å². The first-order valence-corrected chi connectivity index (χ1v) is 7.49. The van der Waals surface area contributed by atoms with Gasteiger partial charge < -0.3 is 4.74 Å². The zero-order valence-electron chi connectivity index (χ0n) is 8.88. The molecule has 0 bridgehead atoms. The van der Waals surface area contributed by atoms with E-state index in [2.05, 4.69) is 4.98 Å². The molecule has 0 amide bonds. The van der Waals surface area contributed by atoms with Gasteiger partial charge in [0.05, 0.1) is 0 Å². The van der Waals surface area contributed by atoms with E-state index >= 15 is 0 Å². The standard InChI is InChI=1S/C11H7Cl2NO3S/c12-8-4-6-9(7-5-8)17-10-2-1-3-11(14-10)18(13,15)16/h1-7H. The molecule has 94 valence electrons. The zero-order valence-corrected chi connectivity index (χ0v) is 11.2. The fourth-order valence-electron chi connectivity index (χ4n) is 1.21. The summed E-state index contributed by atoms with van der Waals surface area (Å²) >= 11 is 5.73. The lowest BCUT2D eigenvalue weighted by molar-refractivity contribution is 0.457. The summed E-state index contributed by atoms with van der Waals surface area (Å²) in [5.74, 6) is 0.634. The van der Waals surface area contributed by atoms with Crippen molar-refractivity contribution >= 4 is 31.3 Å². The summed E-state index contributed by atoms with van der Waals surface area (Å²) in [7, 11) is 1.33. The zero-order chi connectivity index (χ0) is 13.2. The van der Waals surface area contributed by atoms with Gasteiger partial charge in [0.15, 0.2) is 5.03 Å². The van der Waals surface area contributed by atoms with Crippen molar-refractivity contribution in [2.24, 2.45) is 0 Å². The molecule has 0 aliphatic rings. The Balaban J connectivity index is 2.27. The van der Waals surface area contributed by atoms with Gasteiger partial charge in [0, 0.05) is 21.8 Å². The van der Waals surface area contributed by atoms with Crippen LogP contribution in [0.5, 0.6) is 11.6 Å². The Morgan fingerprint density at radius 1 is 1.06 bits per heavy atom. The maximum Gasteiger partial charge on any atom is 0.278 e. The molecule has 7 heteroatoms. The van der Waals surface area contributed by atoms with E-state index in [9.17, 15) is 8.42 Å². The maximum absolute atomic E-state index is 11.1. The predicted octanol–water partition coefficient (Wildman–Crippen LogP) is 3.45. The monoisotopic (exact) mass is 303 g/mol. The van der Waals surface area contributed by atoms with E-state index in [0.29, 0.717) is 10.8 Å². The summed E-state index contributed by atoms with van der Waals surface area (Å²) in [4.78, 5) is 3.79. The van der Waals surface area contributed by atoms with Crippen molar-refractivity contribution in [3.8, 4) is 11.6 Å². The van der Waals surface area contributed by atoms with Crippen LogP contribution in [-0.4, -0.2) is 13.4 Å². The molecule has 0 spiro atoms. The number of nitrogens with zero attached hydrogens (tertiary/aromatic N) is 1. The van der Waals surface area contributed by atoms with E-state index in [-0.39, 0.29) is 10.9 Å². The highest BCUT2D eigenvalue weighted by molar-refractivity contribution is 8.13. The second-order valence-electron chi connectivity index (χ2n) is 3.31. The van der Waals surface area contributed by atoms with Gasteiger partial charge in [-0.25, -0.2) is 13.4 Å². The molecule has 0 saturated carbocycles. The Labute approximate surface area is 114 Å². The number of hydrogen-bond donors (Lipinski definition) is 0. The summed E-state index contributed by atoms with van der Waals surface area (Å²) in [6.07, 6.45) is 0. The van der Waals surface area contributed by atoms with Crippen molar-refractivity contribution in [2.75, 3.05) is 0 Å². The van der Waals surface area contributed by atoms with Gasteiger partial charge in [-0.05, 0) is 30.3 Å². The van der Waals surface area contributed by atoms with E-state index < -0.39 is 9.05 Å². The molecule has 0 N–H and O–H groups in total. The highest BCUT2D eigenvalue weighted by atomic mass is 35.7. The first kappa shape index (κ1) is 13.1. The van der Waals surface area contributed by atoms with Crippen LogP contribution >= 0.6 is 22.3 Å². The summed E-state index contributed by atoms with van der Waals surface area (Å²) in [6, 6.07) is 10.9. The minimum Gasteiger partial charge on any atom is -0.439 e. The molecule has 18 heavy (non-hydrogen) atoms. The van der Waals surface area contributed by atoms with Crippen LogP contribution in [0.15, 0.2) is 47.5 Å². The van der Waals surface area contributed by atoms with E-state index in [1.54, 1.807) is 24.3 Å². The van der Waals surface area contributed by atoms with Crippen molar-refractivity contribution < 1.29 is 13.2 Å². The quantitative estimate of drug-likeness (QED) is 0.815. The third-order valence-electron chi connectivity index (χ3n) is 1.98. The maximum atomic E-state index is 11.1. The van der Waals surface area contributed by atoms with Crippen LogP contribution in [0, 0.1) is 0 Å². The van der Waals surface area contributed by atoms with Crippen molar-refractivity contribution in [3.63, 3.8) is 0 Å². The van der Waals surface area contributed by atoms with Crippen molar-refractivity contribution in [1.82, 2.24) is 4.98 Å². The smallest absolute Gasteiger partial charge is 0.278 e. The van der Waals surface area contributed by atoms with Crippen LogP contribution in [0.3, 0.4) is 0 Å². The molecular weight excluding hydrogens is 297 g/mol. The molecule has 0 aliphatic heterocycles. The molecule has 0 saturated heterocycles. The minimum absolute atomic E-state index is 0.138. The van der Waals surface area contributed by atoms with E-state index in [1.165, 1.54) is 18.2 Å². The summed E-state index contributed by atoms with van der Waals surface area (Å²) in [5.41, 5.74) is 0. The first-order chi connectivity index (χ1) is 8.45. The molecule has 0 unspecified atom stereocenters. The molecule has 0 aliphatic carbocycles. The van der Waals surface area contributed by atoms with E-state index in [4.69, 9.17) is 27.0 Å². The predicted molar refractivity (Wildman–Crippen MR) is 68.8 cm³/mol. The molecule has 1 heterocycles. The normalized spacial score (nSPS) is 11.2. The van der Waals surface area contributed by atoms with Gasteiger partial charge in [-0.3, -0.25) is 0 Å². The number of halogens is 2. The highest BCUT2D eigenvalue weighted by Crippen LogP contribution is 2.23. The van der Waals surface area contributed by atoms with E-state index in [0.717, 1.165) is 0 Å². The highest BCUT2D eigenvalue weighted by Gasteiger charge is 2.12. The molecule has 0 radical (unpaired) electrons. The van der Waals surface area contributed by atoms with Crippen molar-refractivity contribution in [1.29, 1.82) is 0 Å². The third-order valence-corrected chi connectivity index (χ3v) is 3.44. The first-order valence-electron chi connectivity index (χ1n) is 4.80. The average molecular weight is 304 g/mol. The minimum atomic E-state index is -3.86. The van der Waals surface area contributed by atoms with Gasteiger partial charge in [0.25, 0.3) is 9.05 Å². The number of pyridine rings is 1. The molecule has 2 rings (SSSR count). The van der Waals surface area contributed by atoms with E-state index in [1.807, 2.05) is 0 Å². The number of aromatic nitrogens is 1. The van der Waals surface area contributed by atoms with Gasteiger partial charge in [-0.1, -0.05) is 17.7 Å². The Morgan fingerprint density at radius 3 is 2.33 bits per heavy atom. The van der Waals surface area contributed by atoms with Crippen LogP contribution in [0.25, 0.3) is 0 Å². The molecule has 2 aromatic rings. The lowest BCUT2D eigenvalue weighted by Gasteiger charge is -2.05. The van der Waals surface area contributed by atoms with Gasteiger partial charge in [0.1, 0.15) is 5.75 Å². The van der Waals surface area contributed by atoms with Crippen LogP contribution in [0.4, 0.5) is 0 Å². The molecule has 0 atom stereocenters. The summed E-state index contributed by atoms with van der Waals surface area (Å²) in [5, 5.41) is 0.322. The Morgan fingerprint density at radius 2 is 1.72 bits per heavy atom. The molecule has 1 aromatic heterocycles. The largest absolute Gasteiger partial charge is 0.439 e. The second kappa shape index (κ2) is 5.14. The number of benzene rings is 1. The van der Waals surface area contributed by atoms with Gasteiger partial charge >= 0.3 is 0 Å². The lowest BCUT2D eigenvalue weighted by Crippen LogP contribution is -1.96. The second-order valence-corrected chi connectivity index (χ2v) is 6.26. The fourth-order valence-corrected chi connectivity index (χ4v) is 2.04. The Hall–Kier alpha value is -1.30. The number of ether oxygens (including phenoxy) is 1. The Bertz CT molecular complexity index is 656. The van der Waals surface area contributed by atoms with Gasteiger partial charge in [0.2, 0.25) is 5.88 Å². The molecule has 1 aromatic carbocycles. The van der Waals surface area contributed by atoms with Crippen LogP contribution < -0.4 is 4.74 Å². The van der Waals surface area contributed by atoms with Crippen molar-refractivity contribution in [3.05, 3.63) is 47.5 Å². The SMILES string of the molecule is O=S(=O)(Cl)c1cccc(Oc2ccc(Cl)cc2)n1. The number of rotatable bonds is 3. The average Bonchev–Trinajstić information content (AvgIpc) is 2.31. The Kier molecular flexibility index (Phi) is 3.75. The molecule has 4 nitrogen and oxygen atoms in total. The summed E-state index contributed by atoms with van der Waals surface area (Å²) < 4.78 is 27.6. The summed E-state index contributed by atoms with van der Waals surface area (Å²) in [6.45, 7) is 0. The third kappa shape index (κ3) is 3.35. The number of hydrogen-bond acceptors (Lipinski definition) is 4. The topological polar surface area (TPSA) is 56.3 Å². The van der Waals surface area contributed by atoms with Crippen LogP contribution in [0.1, 0.15) is 0 Å². The van der Waals surface area contributed by atoms with Crippen molar-refractivity contribution in [2.45, 2.75) is 5.03 Å². The molecular formula is C11H7Cl2NO3S. The van der Waals surface area contributed by atoms with Gasteiger partial charge in [-0.15, -0.1) is 0 Å². The lowest BCUT2D eigenvalue weighted by atomic mass is 10.3. The van der Waals surface area contributed by atoms with Gasteiger partial charge in [-0.2, -0.15) is 0 Å².